The second kappa shape index (κ2) is 8.39. The van der Waals surface area contributed by atoms with Crippen molar-refractivity contribution in [3.63, 3.8) is 0 Å². The van der Waals surface area contributed by atoms with Gasteiger partial charge in [-0.1, -0.05) is 6.07 Å². The molecule has 0 unspecified atom stereocenters. The average molecular weight is 411 g/mol. The summed E-state index contributed by atoms with van der Waals surface area (Å²) in [5.74, 6) is 1.58. The number of aryl methyl sites for hydroxylation is 1. The van der Waals surface area contributed by atoms with Gasteiger partial charge in [0.15, 0.2) is 5.82 Å². The number of piperidine rings is 1. The Hall–Kier alpha value is -2.64. The summed E-state index contributed by atoms with van der Waals surface area (Å²) in [4.78, 5) is 18.3. The molecule has 4 rings (SSSR count). The minimum atomic E-state index is 0.0331. The number of carbonyl (C=O) groups is 1. The van der Waals surface area contributed by atoms with Crippen molar-refractivity contribution in [3.8, 4) is 11.4 Å². The van der Waals surface area contributed by atoms with Crippen LogP contribution in [0.5, 0.6) is 5.75 Å². The molecule has 6 nitrogen and oxygen atoms in total. The number of hydrogen-bond acceptors (Lipinski definition) is 5. The number of amides is 1. The van der Waals surface area contributed by atoms with Crippen LogP contribution >= 0.6 is 11.3 Å². The summed E-state index contributed by atoms with van der Waals surface area (Å²) in [5, 5.41) is 6.72. The first-order valence-corrected chi connectivity index (χ1v) is 10.7. The maximum absolute atomic E-state index is 13.3. The van der Waals surface area contributed by atoms with Crippen LogP contribution < -0.4 is 9.64 Å². The van der Waals surface area contributed by atoms with E-state index in [1.165, 1.54) is 11.3 Å². The molecule has 1 aliphatic rings. The van der Waals surface area contributed by atoms with Crippen molar-refractivity contribution in [1.82, 2.24) is 14.7 Å². The predicted molar refractivity (Wildman–Crippen MR) is 117 cm³/mol. The first-order valence-electron chi connectivity index (χ1n) is 9.83. The van der Waals surface area contributed by atoms with Crippen LogP contribution in [0, 0.1) is 6.92 Å². The highest BCUT2D eigenvalue weighted by Gasteiger charge is 2.31. The Kier molecular flexibility index (Phi) is 5.69. The zero-order valence-corrected chi connectivity index (χ0v) is 17.9. The zero-order valence-electron chi connectivity index (χ0n) is 17.0. The minimum Gasteiger partial charge on any atom is -0.496 e. The van der Waals surface area contributed by atoms with Crippen LogP contribution in [0.3, 0.4) is 0 Å². The summed E-state index contributed by atoms with van der Waals surface area (Å²) >= 11 is 1.48. The van der Waals surface area contributed by atoms with Crippen LogP contribution in [-0.4, -0.2) is 53.9 Å². The topological polar surface area (TPSA) is 50.6 Å². The van der Waals surface area contributed by atoms with Gasteiger partial charge >= 0.3 is 0 Å². The molecule has 0 saturated carbocycles. The van der Waals surface area contributed by atoms with Crippen molar-refractivity contribution in [2.24, 2.45) is 0 Å². The number of methoxy groups -OCH3 is 1. The van der Waals surface area contributed by atoms with E-state index >= 15 is 0 Å². The van der Waals surface area contributed by atoms with E-state index in [1.54, 1.807) is 7.11 Å². The fraction of sp³-hybridized carbons (Fsp3) is 0.364. The molecule has 29 heavy (non-hydrogen) atoms. The number of thiophene rings is 1. The van der Waals surface area contributed by atoms with Gasteiger partial charge in [0.2, 0.25) is 0 Å². The second-order valence-electron chi connectivity index (χ2n) is 7.46. The lowest BCUT2D eigenvalue weighted by Crippen LogP contribution is -2.47. The summed E-state index contributed by atoms with van der Waals surface area (Å²) in [7, 11) is 3.80. The van der Waals surface area contributed by atoms with E-state index in [0.29, 0.717) is 5.82 Å². The summed E-state index contributed by atoms with van der Waals surface area (Å²) in [5.41, 5.74) is 1.99. The highest BCUT2D eigenvalue weighted by atomic mass is 32.1. The highest BCUT2D eigenvalue weighted by Crippen LogP contribution is 2.27. The molecule has 3 heterocycles. The summed E-state index contributed by atoms with van der Waals surface area (Å²) < 4.78 is 7.18. The predicted octanol–water partition coefficient (Wildman–Crippen LogP) is 3.99. The van der Waals surface area contributed by atoms with Crippen molar-refractivity contribution >= 4 is 23.1 Å². The number of carbonyl (C=O) groups excluding carboxylic acids is 1. The molecule has 0 N–H and O–H groups in total. The SMILES string of the molecule is COc1ccc(-n2ccc(N(C(=O)c3cccs3)C3CCN(C)CC3)n2)cc1C. The van der Waals surface area contributed by atoms with E-state index in [9.17, 15) is 4.79 Å². The highest BCUT2D eigenvalue weighted by molar-refractivity contribution is 7.12. The zero-order chi connectivity index (χ0) is 20.4. The Morgan fingerprint density at radius 2 is 2.03 bits per heavy atom. The van der Waals surface area contributed by atoms with Crippen LogP contribution in [0.1, 0.15) is 28.1 Å². The van der Waals surface area contributed by atoms with Crippen molar-refractivity contribution in [2.45, 2.75) is 25.8 Å². The Labute approximate surface area is 175 Å². The van der Waals surface area contributed by atoms with E-state index in [1.807, 2.05) is 64.5 Å². The van der Waals surface area contributed by atoms with E-state index in [0.717, 1.165) is 47.8 Å². The molecule has 1 amide bonds. The lowest BCUT2D eigenvalue weighted by molar-refractivity contribution is 0.0966. The van der Waals surface area contributed by atoms with Crippen LogP contribution in [0.25, 0.3) is 5.69 Å². The molecule has 0 radical (unpaired) electrons. The van der Waals surface area contributed by atoms with Crippen LogP contribution in [-0.2, 0) is 0 Å². The molecule has 2 aromatic heterocycles. The van der Waals surface area contributed by atoms with Gasteiger partial charge in [-0.15, -0.1) is 16.4 Å². The molecule has 0 spiro atoms. The lowest BCUT2D eigenvalue weighted by Gasteiger charge is -2.36. The van der Waals surface area contributed by atoms with Gasteiger partial charge in [-0.3, -0.25) is 9.69 Å². The average Bonchev–Trinajstić information content (AvgIpc) is 3.42. The third-order valence-corrected chi connectivity index (χ3v) is 6.33. The number of nitrogens with zero attached hydrogens (tertiary/aromatic N) is 4. The Morgan fingerprint density at radius 1 is 1.24 bits per heavy atom. The molecular weight excluding hydrogens is 384 g/mol. The van der Waals surface area contributed by atoms with Gasteiger partial charge in [0.1, 0.15) is 5.75 Å². The van der Waals surface area contributed by atoms with E-state index in [-0.39, 0.29) is 11.9 Å². The maximum Gasteiger partial charge on any atom is 0.269 e. The van der Waals surface area contributed by atoms with Gasteiger partial charge in [-0.25, -0.2) is 4.68 Å². The largest absolute Gasteiger partial charge is 0.496 e. The standard InChI is InChI=1S/C22H26N4O2S/c1-16-15-18(6-7-19(16)28-3)25-13-10-21(23-25)26(17-8-11-24(2)12-9-17)22(27)20-5-4-14-29-20/h4-7,10,13-15,17H,8-9,11-12H2,1-3H3. The normalized spacial score (nSPS) is 15.4. The molecule has 1 aromatic carbocycles. The fourth-order valence-corrected chi connectivity index (χ4v) is 4.48. The molecule has 3 aromatic rings. The molecule has 1 aliphatic heterocycles. The van der Waals surface area contributed by atoms with Crippen molar-refractivity contribution in [2.75, 3.05) is 32.1 Å². The van der Waals surface area contributed by atoms with Gasteiger partial charge < -0.3 is 9.64 Å². The fourth-order valence-electron chi connectivity index (χ4n) is 3.82. The number of benzene rings is 1. The molecule has 1 saturated heterocycles. The Morgan fingerprint density at radius 3 is 2.69 bits per heavy atom. The van der Waals surface area contributed by atoms with Crippen LogP contribution in [0.2, 0.25) is 0 Å². The van der Waals surface area contributed by atoms with Gasteiger partial charge in [0.05, 0.1) is 17.7 Å². The molecule has 1 fully saturated rings. The molecule has 0 bridgehead atoms. The molecule has 7 heteroatoms. The minimum absolute atomic E-state index is 0.0331. The number of aromatic nitrogens is 2. The number of anilines is 1. The lowest BCUT2D eigenvalue weighted by atomic mass is 10.0. The molecule has 152 valence electrons. The number of likely N-dealkylation sites (tertiary alicyclic amines) is 1. The third kappa shape index (κ3) is 4.06. The van der Waals surface area contributed by atoms with E-state index in [2.05, 4.69) is 11.9 Å². The number of ether oxygens (including phenoxy) is 1. The second-order valence-corrected chi connectivity index (χ2v) is 8.41. The Bertz CT molecular complexity index is 975. The van der Waals surface area contributed by atoms with Gasteiger partial charge in [0, 0.05) is 18.3 Å². The van der Waals surface area contributed by atoms with E-state index < -0.39 is 0 Å². The first-order chi connectivity index (χ1) is 14.1. The van der Waals surface area contributed by atoms with Crippen LogP contribution in [0.4, 0.5) is 5.82 Å². The van der Waals surface area contributed by atoms with Gasteiger partial charge in [-0.2, -0.15) is 0 Å². The smallest absolute Gasteiger partial charge is 0.269 e. The molecule has 0 aliphatic carbocycles. The Balaban J connectivity index is 1.66. The van der Waals surface area contributed by atoms with Crippen molar-refractivity contribution in [3.05, 3.63) is 58.4 Å². The van der Waals surface area contributed by atoms with Gasteiger partial charge in [-0.05, 0) is 75.1 Å². The summed E-state index contributed by atoms with van der Waals surface area (Å²) in [6.07, 6.45) is 3.81. The van der Waals surface area contributed by atoms with Gasteiger partial charge in [0.25, 0.3) is 5.91 Å². The monoisotopic (exact) mass is 410 g/mol. The van der Waals surface area contributed by atoms with Crippen LogP contribution in [0.15, 0.2) is 48.0 Å². The quantitative estimate of drug-likeness (QED) is 0.638. The summed E-state index contributed by atoms with van der Waals surface area (Å²) in [6, 6.07) is 11.9. The van der Waals surface area contributed by atoms with Crippen molar-refractivity contribution in [1.29, 1.82) is 0 Å². The number of hydrogen-bond donors (Lipinski definition) is 0. The third-order valence-electron chi connectivity index (χ3n) is 5.47. The number of rotatable bonds is 5. The first kappa shape index (κ1) is 19.7. The molecule has 0 atom stereocenters. The van der Waals surface area contributed by atoms with E-state index in [4.69, 9.17) is 9.84 Å². The summed E-state index contributed by atoms with van der Waals surface area (Å²) in [6.45, 7) is 3.98. The van der Waals surface area contributed by atoms with Crippen molar-refractivity contribution < 1.29 is 9.53 Å². The maximum atomic E-state index is 13.3. The molecular formula is C22H26N4O2S.